The van der Waals surface area contributed by atoms with Crippen LogP contribution in [0.4, 0.5) is 16.2 Å². The van der Waals surface area contributed by atoms with Gasteiger partial charge in [0.1, 0.15) is 0 Å². The van der Waals surface area contributed by atoms with Crippen LogP contribution in [-0.2, 0) is 6.42 Å². The number of nitrogens with two attached hydrogens (primary N) is 1. The molecular weight excluding hydrogens is 366 g/mol. The molecule has 3 aromatic rings. The molecule has 138 valence electrons. The fourth-order valence-electron chi connectivity index (χ4n) is 2.75. The maximum Gasteiger partial charge on any atom is 0.316 e. The summed E-state index contributed by atoms with van der Waals surface area (Å²) in [5.74, 6) is -0.295. The number of nitrogens with one attached hydrogen (secondary N) is 2. The summed E-state index contributed by atoms with van der Waals surface area (Å²) in [6.07, 6.45) is 2.14. The summed E-state index contributed by atoms with van der Waals surface area (Å²) in [5.41, 5.74) is 8.15. The van der Waals surface area contributed by atoms with Crippen molar-refractivity contribution in [1.82, 2.24) is 9.78 Å². The van der Waals surface area contributed by atoms with Crippen LogP contribution in [0.5, 0.6) is 0 Å². The molecule has 0 atom stereocenters. The van der Waals surface area contributed by atoms with Crippen molar-refractivity contribution in [2.45, 2.75) is 13.3 Å². The Labute approximate surface area is 161 Å². The Hall–Kier alpha value is -3.32. The Morgan fingerprint density at radius 2 is 1.81 bits per heavy atom. The predicted molar refractivity (Wildman–Crippen MR) is 106 cm³/mol. The molecule has 4 N–H and O–H groups in total. The van der Waals surface area contributed by atoms with Crippen molar-refractivity contribution in [1.29, 1.82) is 0 Å². The molecule has 0 fully saturated rings. The second-order valence-corrected chi connectivity index (χ2v) is 6.21. The zero-order valence-corrected chi connectivity index (χ0v) is 15.3. The average molecular weight is 384 g/mol. The monoisotopic (exact) mass is 383 g/mol. The van der Waals surface area contributed by atoms with Crippen LogP contribution in [-0.4, -0.2) is 21.7 Å². The minimum absolute atomic E-state index is 0.295. The highest BCUT2D eigenvalue weighted by atomic mass is 35.5. The minimum atomic E-state index is -0.672. The summed E-state index contributed by atoms with van der Waals surface area (Å²) in [6, 6.07) is 13.3. The lowest BCUT2D eigenvalue weighted by atomic mass is 10.1. The lowest BCUT2D eigenvalue weighted by Crippen LogP contribution is -2.19. The van der Waals surface area contributed by atoms with Gasteiger partial charge < -0.3 is 16.4 Å². The maximum atomic E-state index is 12.7. The standard InChI is InChI=1S/C19H18ClN5O2/c1-2-17-16(11-22-25(17)15-8-3-5-12(20)9-15)18(26)23-13-6-4-7-14(10-13)24-19(21)27/h3-11H,2H2,1H3,(H,23,26)(H3,21,24,27). The van der Waals surface area contributed by atoms with Crippen LogP contribution in [0.3, 0.4) is 0 Å². The van der Waals surface area contributed by atoms with Crippen molar-refractivity contribution in [2.24, 2.45) is 5.73 Å². The largest absolute Gasteiger partial charge is 0.351 e. The predicted octanol–water partition coefficient (Wildman–Crippen LogP) is 3.83. The number of rotatable bonds is 5. The van der Waals surface area contributed by atoms with E-state index < -0.39 is 6.03 Å². The highest BCUT2D eigenvalue weighted by Gasteiger charge is 2.17. The molecule has 7 nitrogen and oxygen atoms in total. The topological polar surface area (TPSA) is 102 Å². The molecule has 0 spiro atoms. The van der Waals surface area contributed by atoms with Crippen LogP contribution < -0.4 is 16.4 Å². The number of amides is 3. The number of carbonyl (C=O) groups excluding carboxylic acids is 2. The van der Waals surface area contributed by atoms with E-state index in [0.29, 0.717) is 28.4 Å². The van der Waals surface area contributed by atoms with Crippen molar-refractivity contribution >= 4 is 34.9 Å². The fourth-order valence-corrected chi connectivity index (χ4v) is 2.93. The first kappa shape index (κ1) is 18.5. The Morgan fingerprint density at radius 3 is 2.48 bits per heavy atom. The first-order chi connectivity index (χ1) is 13.0. The highest BCUT2D eigenvalue weighted by molar-refractivity contribution is 6.30. The summed E-state index contributed by atoms with van der Waals surface area (Å²) < 4.78 is 1.70. The summed E-state index contributed by atoms with van der Waals surface area (Å²) in [7, 11) is 0. The Balaban J connectivity index is 1.86. The molecule has 1 heterocycles. The SMILES string of the molecule is CCc1c(C(=O)Nc2cccc(NC(N)=O)c2)cnn1-c1cccc(Cl)c1. The van der Waals surface area contributed by atoms with Crippen molar-refractivity contribution in [3.63, 3.8) is 0 Å². The summed E-state index contributed by atoms with van der Waals surface area (Å²) >= 11 is 6.06. The lowest BCUT2D eigenvalue weighted by Gasteiger charge is -2.10. The van der Waals surface area contributed by atoms with Crippen LogP contribution in [0.1, 0.15) is 23.0 Å². The average Bonchev–Trinajstić information content (AvgIpc) is 3.05. The molecular formula is C19H18ClN5O2. The molecule has 2 aromatic carbocycles. The molecule has 0 unspecified atom stereocenters. The quantitative estimate of drug-likeness (QED) is 0.623. The third-order valence-electron chi connectivity index (χ3n) is 3.89. The van der Waals surface area contributed by atoms with Gasteiger partial charge in [-0.05, 0) is 42.8 Å². The Bertz CT molecular complexity index is 999. The smallest absolute Gasteiger partial charge is 0.316 e. The number of nitrogens with zero attached hydrogens (tertiary/aromatic N) is 2. The number of carbonyl (C=O) groups is 2. The van der Waals surface area contributed by atoms with Gasteiger partial charge in [0.2, 0.25) is 0 Å². The van der Waals surface area contributed by atoms with Crippen molar-refractivity contribution in [2.75, 3.05) is 10.6 Å². The third kappa shape index (κ3) is 4.27. The summed E-state index contributed by atoms with van der Waals surface area (Å²) in [4.78, 5) is 23.7. The van der Waals surface area contributed by atoms with E-state index >= 15 is 0 Å². The zero-order valence-electron chi connectivity index (χ0n) is 14.6. The van der Waals surface area contributed by atoms with Gasteiger partial charge in [0, 0.05) is 16.4 Å². The molecule has 0 aliphatic carbocycles. The van der Waals surface area contributed by atoms with Gasteiger partial charge in [0.15, 0.2) is 0 Å². The van der Waals surface area contributed by atoms with Gasteiger partial charge in [-0.25, -0.2) is 9.48 Å². The lowest BCUT2D eigenvalue weighted by molar-refractivity contribution is 0.102. The molecule has 0 radical (unpaired) electrons. The summed E-state index contributed by atoms with van der Waals surface area (Å²) in [6.45, 7) is 1.95. The first-order valence-electron chi connectivity index (χ1n) is 8.28. The molecule has 0 aliphatic rings. The number of primary amides is 1. The minimum Gasteiger partial charge on any atom is -0.351 e. The molecule has 3 amide bonds. The second kappa shape index (κ2) is 7.92. The van der Waals surface area contributed by atoms with E-state index in [2.05, 4.69) is 15.7 Å². The maximum absolute atomic E-state index is 12.7. The van der Waals surface area contributed by atoms with E-state index in [1.807, 2.05) is 19.1 Å². The van der Waals surface area contributed by atoms with Crippen molar-refractivity contribution in [3.8, 4) is 5.69 Å². The van der Waals surface area contributed by atoms with E-state index in [1.54, 1.807) is 41.1 Å². The van der Waals surface area contributed by atoms with E-state index in [1.165, 1.54) is 6.20 Å². The van der Waals surface area contributed by atoms with Crippen LogP contribution >= 0.6 is 11.6 Å². The van der Waals surface area contributed by atoms with Gasteiger partial charge in [-0.3, -0.25) is 4.79 Å². The van der Waals surface area contributed by atoms with Crippen molar-refractivity contribution < 1.29 is 9.59 Å². The van der Waals surface area contributed by atoms with Gasteiger partial charge in [-0.15, -0.1) is 0 Å². The normalized spacial score (nSPS) is 10.4. The molecule has 0 saturated carbocycles. The number of urea groups is 1. The van der Waals surface area contributed by atoms with Gasteiger partial charge in [0.25, 0.3) is 5.91 Å². The number of aromatic nitrogens is 2. The van der Waals surface area contributed by atoms with Gasteiger partial charge in [-0.1, -0.05) is 30.7 Å². The van der Waals surface area contributed by atoms with Crippen LogP contribution in [0.15, 0.2) is 54.7 Å². The molecule has 0 aliphatic heterocycles. The van der Waals surface area contributed by atoms with E-state index in [-0.39, 0.29) is 5.91 Å². The van der Waals surface area contributed by atoms with E-state index in [4.69, 9.17) is 17.3 Å². The van der Waals surface area contributed by atoms with E-state index in [9.17, 15) is 9.59 Å². The van der Waals surface area contributed by atoms with Gasteiger partial charge in [-0.2, -0.15) is 5.10 Å². The Morgan fingerprint density at radius 1 is 1.11 bits per heavy atom. The summed E-state index contributed by atoms with van der Waals surface area (Å²) in [5, 5.41) is 10.2. The molecule has 8 heteroatoms. The molecule has 27 heavy (non-hydrogen) atoms. The molecule has 1 aromatic heterocycles. The first-order valence-corrected chi connectivity index (χ1v) is 8.66. The second-order valence-electron chi connectivity index (χ2n) is 5.77. The fraction of sp³-hybridized carbons (Fsp3) is 0.105. The van der Waals surface area contributed by atoms with Crippen molar-refractivity contribution in [3.05, 3.63) is 71.0 Å². The Kier molecular flexibility index (Phi) is 5.42. The number of hydrogen-bond acceptors (Lipinski definition) is 3. The highest BCUT2D eigenvalue weighted by Crippen LogP contribution is 2.21. The van der Waals surface area contributed by atoms with Gasteiger partial charge >= 0.3 is 6.03 Å². The van der Waals surface area contributed by atoms with E-state index in [0.717, 1.165) is 11.4 Å². The molecule has 0 saturated heterocycles. The van der Waals surface area contributed by atoms with Crippen LogP contribution in [0.2, 0.25) is 5.02 Å². The zero-order chi connectivity index (χ0) is 19.4. The van der Waals surface area contributed by atoms with Crippen LogP contribution in [0, 0.1) is 0 Å². The van der Waals surface area contributed by atoms with Crippen LogP contribution in [0.25, 0.3) is 5.69 Å². The molecule has 0 bridgehead atoms. The number of hydrogen-bond donors (Lipinski definition) is 3. The third-order valence-corrected chi connectivity index (χ3v) is 4.12. The van der Waals surface area contributed by atoms with Gasteiger partial charge in [0.05, 0.1) is 23.1 Å². The number of anilines is 2. The molecule has 3 rings (SSSR count). The number of halogens is 1. The number of benzene rings is 2.